The molecule has 22 heavy (non-hydrogen) atoms. The molecule has 0 spiro atoms. The summed E-state index contributed by atoms with van der Waals surface area (Å²) in [4.78, 5) is 26.6. The first-order chi connectivity index (χ1) is 10.0. The number of fused-ring (bicyclic) bond motifs is 1. The highest BCUT2D eigenvalue weighted by Crippen LogP contribution is 2.28. The first kappa shape index (κ1) is 16.0. The third-order valence-corrected chi connectivity index (χ3v) is 3.52. The molecule has 1 heterocycles. The highest BCUT2D eigenvalue weighted by Gasteiger charge is 2.38. The summed E-state index contributed by atoms with van der Waals surface area (Å²) in [5, 5.41) is 9.08. The molecular formula is C14H13F3N2O3. The fourth-order valence-electron chi connectivity index (χ4n) is 2.14. The number of carboxylic acids is 1. The van der Waals surface area contributed by atoms with Crippen molar-refractivity contribution in [2.24, 2.45) is 0 Å². The van der Waals surface area contributed by atoms with Gasteiger partial charge in [0.25, 0.3) is 5.56 Å². The van der Waals surface area contributed by atoms with E-state index in [2.05, 4.69) is 4.98 Å². The molecule has 1 N–H and O–H groups in total. The zero-order chi connectivity index (χ0) is 16.8. The van der Waals surface area contributed by atoms with Crippen LogP contribution in [0.1, 0.15) is 29.8 Å². The first-order valence-corrected chi connectivity index (χ1v) is 6.37. The summed E-state index contributed by atoms with van der Waals surface area (Å²) in [6.07, 6.45) is -4.95. The molecule has 0 bridgehead atoms. The molecule has 0 aliphatic carbocycles. The molecule has 0 saturated heterocycles. The number of hydrogen-bond acceptors (Lipinski definition) is 3. The van der Waals surface area contributed by atoms with Crippen molar-refractivity contribution in [3.05, 3.63) is 39.3 Å². The lowest BCUT2D eigenvalue weighted by Gasteiger charge is -2.17. The van der Waals surface area contributed by atoms with Gasteiger partial charge >= 0.3 is 12.1 Å². The number of hydrogen-bond donors (Lipinski definition) is 1. The molecule has 0 aliphatic rings. The maximum atomic E-state index is 13.0. The van der Waals surface area contributed by atoms with E-state index in [1.807, 2.05) is 0 Å². The number of carboxylic acid groups (broad SMARTS) is 1. The van der Waals surface area contributed by atoms with Gasteiger partial charge in [-0.2, -0.15) is 13.2 Å². The molecular weight excluding hydrogens is 301 g/mol. The van der Waals surface area contributed by atoms with Crippen molar-refractivity contribution in [1.29, 1.82) is 0 Å². The highest BCUT2D eigenvalue weighted by molar-refractivity contribution is 5.80. The smallest absolute Gasteiger partial charge is 0.438 e. The van der Waals surface area contributed by atoms with Crippen molar-refractivity contribution in [2.75, 3.05) is 0 Å². The maximum absolute atomic E-state index is 13.0. The number of alkyl halides is 3. The highest BCUT2D eigenvalue weighted by atomic mass is 19.4. The lowest BCUT2D eigenvalue weighted by Crippen LogP contribution is -2.34. The van der Waals surface area contributed by atoms with E-state index < -0.39 is 29.4 Å². The summed E-state index contributed by atoms with van der Waals surface area (Å²) in [5.41, 5.74) is -1.66. The molecule has 8 heteroatoms. The van der Waals surface area contributed by atoms with Gasteiger partial charge in [0.15, 0.2) is 0 Å². The van der Waals surface area contributed by atoms with E-state index in [1.165, 1.54) is 12.1 Å². The average Bonchev–Trinajstić information content (AvgIpc) is 2.38. The minimum Gasteiger partial charge on any atom is -0.480 e. The lowest BCUT2D eigenvalue weighted by atomic mass is 10.1. The van der Waals surface area contributed by atoms with Gasteiger partial charge in [-0.25, -0.2) is 9.78 Å². The summed E-state index contributed by atoms with van der Waals surface area (Å²) < 4.78 is 39.6. The van der Waals surface area contributed by atoms with Crippen LogP contribution in [-0.4, -0.2) is 20.6 Å². The van der Waals surface area contributed by atoms with E-state index in [0.717, 1.165) is 12.5 Å². The second-order valence-corrected chi connectivity index (χ2v) is 5.07. The quantitative estimate of drug-likeness (QED) is 0.925. The van der Waals surface area contributed by atoms with E-state index in [4.69, 9.17) is 5.11 Å². The molecule has 0 radical (unpaired) electrons. The Labute approximate surface area is 123 Å². The fraction of sp³-hybridized carbons (Fsp3) is 0.357. The Hall–Kier alpha value is -2.38. The molecule has 0 saturated carbocycles. The van der Waals surface area contributed by atoms with Gasteiger partial charge in [0.2, 0.25) is 5.69 Å². The zero-order valence-corrected chi connectivity index (χ0v) is 12.0. The van der Waals surface area contributed by atoms with Crippen LogP contribution in [0.3, 0.4) is 0 Å². The zero-order valence-electron chi connectivity index (χ0n) is 12.0. The molecule has 118 valence electrons. The number of benzene rings is 1. The van der Waals surface area contributed by atoms with Crippen LogP contribution in [0.25, 0.3) is 11.0 Å². The van der Waals surface area contributed by atoms with Crippen LogP contribution in [0.5, 0.6) is 0 Å². The molecule has 5 nitrogen and oxygen atoms in total. The number of aliphatic carboxylic acids is 1. The summed E-state index contributed by atoms with van der Waals surface area (Å²) in [5.74, 6) is -1.40. The molecule has 2 rings (SSSR count). The Morgan fingerprint density at radius 3 is 2.32 bits per heavy atom. The number of aryl methyl sites for hydroxylation is 2. The third kappa shape index (κ3) is 2.56. The SMILES string of the molecule is Cc1cc2nc(C(F)(F)F)c(=O)n([C@H](C)C(=O)O)c2cc1C. The average molecular weight is 314 g/mol. The molecule has 1 aromatic heterocycles. The van der Waals surface area contributed by atoms with E-state index in [1.54, 1.807) is 13.8 Å². The molecule has 1 aromatic carbocycles. The van der Waals surface area contributed by atoms with Crippen molar-refractivity contribution in [3.8, 4) is 0 Å². The minimum atomic E-state index is -4.95. The van der Waals surface area contributed by atoms with Crippen molar-refractivity contribution < 1.29 is 23.1 Å². The van der Waals surface area contributed by atoms with Gasteiger partial charge in [0.05, 0.1) is 11.0 Å². The molecule has 0 unspecified atom stereocenters. The molecule has 0 amide bonds. The van der Waals surface area contributed by atoms with Crippen molar-refractivity contribution in [2.45, 2.75) is 33.0 Å². The van der Waals surface area contributed by atoms with Crippen molar-refractivity contribution >= 4 is 17.0 Å². The monoisotopic (exact) mass is 314 g/mol. The van der Waals surface area contributed by atoms with Crippen molar-refractivity contribution in [1.82, 2.24) is 9.55 Å². The van der Waals surface area contributed by atoms with Crippen LogP contribution < -0.4 is 5.56 Å². The normalized spacial score (nSPS) is 13.4. The molecule has 0 aliphatic heterocycles. The van der Waals surface area contributed by atoms with Gasteiger partial charge < -0.3 is 5.11 Å². The first-order valence-electron chi connectivity index (χ1n) is 6.37. The summed E-state index contributed by atoms with van der Waals surface area (Å²) >= 11 is 0. The van der Waals surface area contributed by atoms with E-state index in [-0.39, 0.29) is 11.0 Å². The number of aromatic nitrogens is 2. The van der Waals surface area contributed by atoms with Crippen LogP contribution in [-0.2, 0) is 11.0 Å². The fourth-order valence-corrected chi connectivity index (χ4v) is 2.14. The van der Waals surface area contributed by atoms with Gasteiger partial charge in [-0.15, -0.1) is 0 Å². The number of halogens is 3. The van der Waals surface area contributed by atoms with Gasteiger partial charge in [-0.05, 0) is 44.0 Å². The Morgan fingerprint density at radius 2 is 1.82 bits per heavy atom. The maximum Gasteiger partial charge on any atom is 0.438 e. The van der Waals surface area contributed by atoms with Gasteiger partial charge in [-0.3, -0.25) is 9.36 Å². The van der Waals surface area contributed by atoms with Gasteiger partial charge in [-0.1, -0.05) is 0 Å². The summed E-state index contributed by atoms with van der Waals surface area (Å²) in [6.45, 7) is 4.56. The number of rotatable bonds is 2. The standard InChI is InChI=1S/C14H13F3N2O3/c1-6-4-9-10(5-7(6)2)19(8(3)13(21)22)12(20)11(18-9)14(15,16)17/h4-5,8H,1-3H3,(H,21,22)/t8-/m1/s1. The molecule has 1 atom stereocenters. The van der Waals surface area contributed by atoms with E-state index in [0.29, 0.717) is 10.1 Å². The van der Waals surface area contributed by atoms with Gasteiger partial charge in [0.1, 0.15) is 6.04 Å². The minimum absolute atomic E-state index is 0.0657. The van der Waals surface area contributed by atoms with Crippen LogP contribution in [0.2, 0.25) is 0 Å². The Bertz CT molecular complexity index is 825. The summed E-state index contributed by atoms with van der Waals surface area (Å²) in [6, 6.07) is 1.43. The predicted molar refractivity (Wildman–Crippen MR) is 72.8 cm³/mol. The topological polar surface area (TPSA) is 72.2 Å². The van der Waals surface area contributed by atoms with Crippen LogP contribution in [0.4, 0.5) is 13.2 Å². The van der Waals surface area contributed by atoms with Crippen LogP contribution >= 0.6 is 0 Å². The Kier molecular flexibility index (Phi) is 3.72. The van der Waals surface area contributed by atoms with Gasteiger partial charge in [0, 0.05) is 0 Å². The van der Waals surface area contributed by atoms with E-state index in [9.17, 15) is 22.8 Å². The Balaban J connectivity index is 3.00. The second kappa shape index (κ2) is 5.11. The van der Waals surface area contributed by atoms with E-state index >= 15 is 0 Å². The molecule has 0 fully saturated rings. The summed E-state index contributed by atoms with van der Waals surface area (Å²) in [7, 11) is 0. The lowest BCUT2D eigenvalue weighted by molar-refractivity contribution is -0.144. The van der Waals surface area contributed by atoms with Crippen molar-refractivity contribution in [3.63, 3.8) is 0 Å². The predicted octanol–water partition coefficient (Wildman–Crippen LogP) is 2.68. The number of carbonyl (C=O) groups is 1. The number of nitrogens with zero attached hydrogens (tertiary/aromatic N) is 2. The second-order valence-electron chi connectivity index (χ2n) is 5.07. The van der Waals surface area contributed by atoms with Crippen LogP contribution in [0, 0.1) is 13.8 Å². The third-order valence-electron chi connectivity index (χ3n) is 3.52. The largest absolute Gasteiger partial charge is 0.480 e. The Morgan fingerprint density at radius 1 is 1.27 bits per heavy atom. The molecule has 2 aromatic rings. The van der Waals surface area contributed by atoms with Crippen LogP contribution in [0.15, 0.2) is 16.9 Å².